The van der Waals surface area contributed by atoms with Crippen molar-refractivity contribution in [1.29, 1.82) is 0 Å². The summed E-state index contributed by atoms with van der Waals surface area (Å²) in [7, 11) is 7.42. The SMILES string of the molecule is CCCCOCCCNC(=NCC(c1ccc(OC)c(OC)c1)N(C)C)NCC.I. The van der Waals surface area contributed by atoms with Crippen LogP contribution in [-0.4, -0.2) is 72.0 Å². The quantitative estimate of drug-likeness (QED) is 0.164. The third-order valence-electron chi connectivity index (χ3n) is 4.58. The molecular weight excluding hydrogens is 495 g/mol. The Labute approximate surface area is 200 Å². The van der Waals surface area contributed by atoms with E-state index >= 15 is 0 Å². The Kier molecular flexibility index (Phi) is 16.7. The summed E-state index contributed by atoms with van der Waals surface area (Å²) in [6, 6.07) is 6.15. The number of ether oxygens (including phenoxy) is 3. The van der Waals surface area contributed by atoms with Gasteiger partial charge in [-0.3, -0.25) is 4.99 Å². The summed E-state index contributed by atoms with van der Waals surface area (Å²) in [5, 5.41) is 6.71. The molecule has 0 saturated heterocycles. The molecule has 0 aromatic heterocycles. The molecule has 1 aromatic rings. The van der Waals surface area contributed by atoms with Gasteiger partial charge in [0.15, 0.2) is 17.5 Å². The Bertz CT molecular complexity index is 600. The summed E-state index contributed by atoms with van der Waals surface area (Å²) in [5.41, 5.74) is 1.14. The van der Waals surface area contributed by atoms with Crippen molar-refractivity contribution in [3.8, 4) is 11.5 Å². The lowest BCUT2D eigenvalue weighted by atomic mass is 10.1. The van der Waals surface area contributed by atoms with Gasteiger partial charge in [-0.25, -0.2) is 0 Å². The smallest absolute Gasteiger partial charge is 0.191 e. The van der Waals surface area contributed by atoms with Crippen molar-refractivity contribution in [3.05, 3.63) is 23.8 Å². The largest absolute Gasteiger partial charge is 0.493 e. The number of hydrogen-bond acceptors (Lipinski definition) is 5. The van der Waals surface area contributed by atoms with Crippen molar-refractivity contribution >= 4 is 29.9 Å². The predicted octanol–water partition coefficient (Wildman–Crippen LogP) is 3.69. The minimum atomic E-state index is 0. The zero-order valence-corrected chi connectivity index (χ0v) is 21.8. The number of guanidine groups is 1. The molecule has 174 valence electrons. The van der Waals surface area contributed by atoms with E-state index < -0.39 is 0 Å². The van der Waals surface area contributed by atoms with Crippen LogP contribution in [0.5, 0.6) is 11.5 Å². The van der Waals surface area contributed by atoms with Crippen molar-refractivity contribution in [3.63, 3.8) is 0 Å². The van der Waals surface area contributed by atoms with Crippen LogP contribution in [0.3, 0.4) is 0 Å². The number of aliphatic imine (C=N–C) groups is 1. The van der Waals surface area contributed by atoms with Crippen LogP contribution < -0.4 is 20.1 Å². The molecule has 0 aliphatic heterocycles. The van der Waals surface area contributed by atoms with E-state index in [-0.39, 0.29) is 30.0 Å². The summed E-state index contributed by atoms with van der Waals surface area (Å²) >= 11 is 0. The fraction of sp³-hybridized carbons (Fsp3) is 0.682. The summed E-state index contributed by atoms with van der Waals surface area (Å²) in [6.07, 6.45) is 3.25. The first-order chi connectivity index (χ1) is 14.1. The number of benzene rings is 1. The molecule has 1 rings (SSSR count). The van der Waals surface area contributed by atoms with Crippen molar-refractivity contribution < 1.29 is 14.2 Å². The van der Waals surface area contributed by atoms with Gasteiger partial charge in [-0.2, -0.15) is 0 Å². The van der Waals surface area contributed by atoms with Gasteiger partial charge in [0.1, 0.15) is 0 Å². The summed E-state index contributed by atoms with van der Waals surface area (Å²) in [5.74, 6) is 2.29. The van der Waals surface area contributed by atoms with Gasteiger partial charge >= 0.3 is 0 Å². The van der Waals surface area contributed by atoms with E-state index in [9.17, 15) is 0 Å². The van der Waals surface area contributed by atoms with Crippen LogP contribution in [0.15, 0.2) is 23.2 Å². The maximum Gasteiger partial charge on any atom is 0.191 e. The van der Waals surface area contributed by atoms with E-state index in [0.717, 1.165) is 62.2 Å². The number of hydrogen-bond donors (Lipinski definition) is 2. The van der Waals surface area contributed by atoms with Crippen molar-refractivity contribution in [2.75, 3.05) is 61.2 Å². The normalized spacial score (nSPS) is 12.3. The van der Waals surface area contributed by atoms with Gasteiger partial charge in [-0.05, 0) is 51.6 Å². The molecule has 1 unspecified atom stereocenters. The van der Waals surface area contributed by atoms with Crippen molar-refractivity contribution in [1.82, 2.24) is 15.5 Å². The highest BCUT2D eigenvalue weighted by atomic mass is 127. The Morgan fingerprint density at radius 3 is 2.33 bits per heavy atom. The molecule has 0 saturated carbocycles. The lowest BCUT2D eigenvalue weighted by Gasteiger charge is -2.24. The van der Waals surface area contributed by atoms with Gasteiger partial charge in [0.25, 0.3) is 0 Å². The third kappa shape index (κ3) is 10.7. The van der Waals surface area contributed by atoms with Crippen LogP contribution in [-0.2, 0) is 4.74 Å². The zero-order valence-electron chi connectivity index (χ0n) is 19.5. The lowest BCUT2D eigenvalue weighted by Crippen LogP contribution is -2.38. The molecule has 30 heavy (non-hydrogen) atoms. The standard InChI is InChI=1S/C22H40N4O3.HI/c1-7-9-14-29-15-10-13-24-22(23-8-2)25-17-19(26(3)4)18-11-12-20(27-5)21(16-18)28-6;/h11-12,16,19H,7-10,13-15,17H2,1-6H3,(H2,23,24,25);1H. The average Bonchev–Trinajstić information content (AvgIpc) is 2.72. The zero-order chi connectivity index (χ0) is 21.5. The molecular formula is C22H41IN4O3. The summed E-state index contributed by atoms with van der Waals surface area (Å²) in [6.45, 7) is 8.16. The van der Waals surface area contributed by atoms with Crippen LogP contribution >= 0.6 is 24.0 Å². The maximum absolute atomic E-state index is 5.61. The topological polar surface area (TPSA) is 67.3 Å². The molecule has 0 fully saturated rings. The third-order valence-corrected chi connectivity index (χ3v) is 4.58. The predicted molar refractivity (Wildman–Crippen MR) is 136 cm³/mol. The second-order valence-corrected chi connectivity index (χ2v) is 7.06. The van der Waals surface area contributed by atoms with Crippen LogP contribution in [0.25, 0.3) is 0 Å². The molecule has 0 aliphatic carbocycles. The van der Waals surface area contributed by atoms with E-state index in [2.05, 4.69) is 49.5 Å². The van der Waals surface area contributed by atoms with E-state index in [1.54, 1.807) is 14.2 Å². The molecule has 0 aliphatic rings. The molecule has 0 spiro atoms. The number of rotatable bonds is 14. The molecule has 0 heterocycles. The first-order valence-corrected chi connectivity index (χ1v) is 10.6. The number of methoxy groups -OCH3 is 2. The van der Waals surface area contributed by atoms with Crippen molar-refractivity contribution in [2.24, 2.45) is 4.99 Å². The van der Waals surface area contributed by atoms with Gasteiger partial charge in [-0.15, -0.1) is 24.0 Å². The van der Waals surface area contributed by atoms with Crippen LogP contribution in [0.4, 0.5) is 0 Å². The molecule has 0 bridgehead atoms. The maximum atomic E-state index is 5.61. The number of nitrogens with one attached hydrogen (secondary N) is 2. The summed E-state index contributed by atoms with van der Waals surface area (Å²) in [4.78, 5) is 6.96. The highest BCUT2D eigenvalue weighted by Gasteiger charge is 2.16. The van der Waals surface area contributed by atoms with Gasteiger partial charge in [0.2, 0.25) is 0 Å². The fourth-order valence-electron chi connectivity index (χ4n) is 2.88. The minimum Gasteiger partial charge on any atom is -0.493 e. The Hall–Kier alpha value is -1.26. The second-order valence-electron chi connectivity index (χ2n) is 7.06. The number of likely N-dealkylation sites (N-methyl/N-ethyl adjacent to an activating group) is 1. The van der Waals surface area contributed by atoms with E-state index in [1.165, 1.54) is 6.42 Å². The van der Waals surface area contributed by atoms with Gasteiger partial charge in [0.05, 0.1) is 26.8 Å². The highest BCUT2D eigenvalue weighted by Crippen LogP contribution is 2.31. The Morgan fingerprint density at radius 2 is 1.73 bits per heavy atom. The molecule has 0 amide bonds. The number of unbranched alkanes of at least 4 members (excludes halogenated alkanes) is 1. The second kappa shape index (κ2) is 17.4. The fourth-order valence-corrected chi connectivity index (χ4v) is 2.88. The lowest BCUT2D eigenvalue weighted by molar-refractivity contribution is 0.129. The molecule has 7 nitrogen and oxygen atoms in total. The minimum absolute atomic E-state index is 0. The van der Waals surface area contributed by atoms with E-state index in [1.807, 2.05) is 12.1 Å². The monoisotopic (exact) mass is 536 g/mol. The number of nitrogens with zero attached hydrogens (tertiary/aromatic N) is 2. The Morgan fingerprint density at radius 1 is 1.03 bits per heavy atom. The van der Waals surface area contributed by atoms with E-state index in [4.69, 9.17) is 19.2 Å². The van der Waals surface area contributed by atoms with Crippen molar-refractivity contribution in [2.45, 2.75) is 39.2 Å². The molecule has 8 heteroatoms. The first kappa shape index (κ1) is 28.7. The molecule has 1 aromatic carbocycles. The average molecular weight is 536 g/mol. The van der Waals surface area contributed by atoms with Gasteiger partial charge in [-0.1, -0.05) is 19.4 Å². The van der Waals surface area contributed by atoms with Gasteiger partial charge < -0.3 is 29.7 Å². The van der Waals surface area contributed by atoms with Crippen LogP contribution in [0.1, 0.15) is 44.7 Å². The molecule has 0 radical (unpaired) electrons. The van der Waals surface area contributed by atoms with Gasteiger partial charge in [0, 0.05) is 26.3 Å². The first-order valence-electron chi connectivity index (χ1n) is 10.6. The molecule has 1 atom stereocenters. The number of halogens is 1. The Balaban J connectivity index is 0.00000841. The molecule has 2 N–H and O–H groups in total. The van der Waals surface area contributed by atoms with Crippen LogP contribution in [0, 0.1) is 0 Å². The summed E-state index contributed by atoms with van der Waals surface area (Å²) < 4.78 is 16.4. The van der Waals surface area contributed by atoms with Crippen LogP contribution in [0.2, 0.25) is 0 Å². The highest BCUT2D eigenvalue weighted by molar-refractivity contribution is 14.0. The van der Waals surface area contributed by atoms with E-state index in [0.29, 0.717) is 6.54 Å².